The first-order valence-corrected chi connectivity index (χ1v) is 7.56. The van der Waals surface area contributed by atoms with E-state index in [1.807, 2.05) is 49.4 Å². The molecule has 0 aliphatic rings. The minimum Gasteiger partial charge on any atom is -0.399 e. The molecule has 1 aromatic heterocycles. The summed E-state index contributed by atoms with van der Waals surface area (Å²) in [5.41, 5.74) is 8.78. The zero-order chi connectivity index (χ0) is 14.8. The van der Waals surface area contributed by atoms with Crippen molar-refractivity contribution in [3.63, 3.8) is 0 Å². The zero-order valence-corrected chi connectivity index (χ0v) is 12.5. The van der Waals surface area contributed by atoms with E-state index in [2.05, 4.69) is 11.4 Å². The minimum atomic E-state index is -0.0451. The molecule has 0 atom stereocenters. The number of hydrogen-bond acceptors (Lipinski definition) is 3. The Morgan fingerprint density at radius 3 is 2.86 bits per heavy atom. The van der Waals surface area contributed by atoms with E-state index in [4.69, 9.17) is 5.73 Å². The molecule has 3 nitrogen and oxygen atoms in total. The molecule has 4 heteroatoms. The average molecular weight is 296 g/mol. The maximum Gasteiger partial charge on any atom is 0.261 e. The number of benzene rings is 2. The summed E-state index contributed by atoms with van der Waals surface area (Å²) in [5.74, 6) is -0.0451. The molecular weight excluding hydrogens is 280 g/mol. The highest BCUT2D eigenvalue weighted by Gasteiger charge is 2.10. The van der Waals surface area contributed by atoms with Crippen LogP contribution in [0.15, 0.2) is 48.5 Å². The first-order chi connectivity index (χ1) is 10.1. The number of thiophene rings is 1. The number of fused-ring (bicyclic) bond motifs is 1. The molecule has 106 valence electrons. The molecule has 1 amide bonds. The SMILES string of the molecule is Cc1cccc(CNC(=O)c2cc3cc(N)ccc3s2)c1. The van der Waals surface area contributed by atoms with Crippen LogP contribution in [0.5, 0.6) is 0 Å². The van der Waals surface area contributed by atoms with Crippen molar-refractivity contribution in [1.82, 2.24) is 5.32 Å². The average Bonchev–Trinajstić information content (AvgIpc) is 2.88. The highest BCUT2D eigenvalue weighted by molar-refractivity contribution is 7.20. The molecule has 0 bridgehead atoms. The van der Waals surface area contributed by atoms with Gasteiger partial charge >= 0.3 is 0 Å². The molecule has 1 heterocycles. The van der Waals surface area contributed by atoms with Crippen molar-refractivity contribution in [3.8, 4) is 0 Å². The standard InChI is InChI=1S/C17H16N2OS/c1-11-3-2-4-12(7-11)10-19-17(20)16-9-13-8-14(18)5-6-15(13)21-16/h2-9H,10,18H2,1H3,(H,19,20). The molecule has 3 rings (SSSR count). The van der Waals surface area contributed by atoms with Crippen molar-refractivity contribution in [3.05, 3.63) is 64.5 Å². The lowest BCUT2D eigenvalue weighted by Gasteiger charge is -2.04. The van der Waals surface area contributed by atoms with Gasteiger partial charge in [0.1, 0.15) is 0 Å². The summed E-state index contributed by atoms with van der Waals surface area (Å²) >= 11 is 1.48. The van der Waals surface area contributed by atoms with E-state index in [1.165, 1.54) is 16.9 Å². The summed E-state index contributed by atoms with van der Waals surface area (Å²) in [7, 11) is 0. The van der Waals surface area contributed by atoms with Crippen LogP contribution in [-0.2, 0) is 6.54 Å². The molecule has 3 N–H and O–H groups in total. The summed E-state index contributed by atoms with van der Waals surface area (Å²) in [6.45, 7) is 2.58. The van der Waals surface area contributed by atoms with Crippen LogP contribution in [0.1, 0.15) is 20.8 Å². The van der Waals surface area contributed by atoms with Gasteiger partial charge in [0.15, 0.2) is 0 Å². The number of nitrogens with one attached hydrogen (secondary N) is 1. The highest BCUT2D eigenvalue weighted by Crippen LogP contribution is 2.27. The molecule has 0 fully saturated rings. The summed E-state index contributed by atoms with van der Waals surface area (Å²) in [5, 5.41) is 3.97. The fourth-order valence-corrected chi connectivity index (χ4v) is 3.22. The molecule has 0 saturated heterocycles. The van der Waals surface area contributed by atoms with Crippen LogP contribution in [0.2, 0.25) is 0 Å². The van der Waals surface area contributed by atoms with Gasteiger partial charge in [-0.3, -0.25) is 4.79 Å². The molecule has 21 heavy (non-hydrogen) atoms. The van der Waals surface area contributed by atoms with Gasteiger partial charge < -0.3 is 11.1 Å². The van der Waals surface area contributed by atoms with Crippen LogP contribution < -0.4 is 11.1 Å². The predicted molar refractivity (Wildman–Crippen MR) is 88.6 cm³/mol. The Balaban J connectivity index is 1.74. The first-order valence-electron chi connectivity index (χ1n) is 6.74. The fourth-order valence-electron chi connectivity index (χ4n) is 2.27. The lowest BCUT2D eigenvalue weighted by Crippen LogP contribution is -2.21. The van der Waals surface area contributed by atoms with Gasteiger partial charge in [0.25, 0.3) is 5.91 Å². The number of hydrogen-bond donors (Lipinski definition) is 2. The third-order valence-electron chi connectivity index (χ3n) is 3.30. The molecule has 0 radical (unpaired) electrons. The monoisotopic (exact) mass is 296 g/mol. The van der Waals surface area contributed by atoms with E-state index in [0.29, 0.717) is 17.1 Å². The largest absolute Gasteiger partial charge is 0.399 e. The Morgan fingerprint density at radius 2 is 2.05 bits per heavy atom. The van der Waals surface area contributed by atoms with Crippen LogP contribution in [0.25, 0.3) is 10.1 Å². The van der Waals surface area contributed by atoms with Gasteiger partial charge in [-0.25, -0.2) is 0 Å². The second kappa shape index (κ2) is 5.58. The van der Waals surface area contributed by atoms with Crippen LogP contribution in [-0.4, -0.2) is 5.91 Å². The van der Waals surface area contributed by atoms with Gasteiger partial charge in [0.2, 0.25) is 0 Å². The van der Waals surface area contributed by atoms with E-state index in [1.54, 1.807) is 0 Å². The van der Waals surface area contributed by atoms with Crippen molar-refractivity contribution in [1.29, 1.82) is 0 Å². The Bertz CT molecular complexity index is 807. The second-order valence-electron chi connectivity index (χ2n) is 5.08. The predicted octanol–water partition coefficient (Wildman–Crippen LogP) is 3.72. The summed E-state index contributed by atoms with van der Waals surface area (Å²) < 4.78 is 1.07. The zero-order valence-electron chi connectivity index (χ0n) is 11.7. The van der Waals surface area contributed by atoms with E-state index >= 15 is 0 Å². The third kappa shape index (κ3) is 3.06. The summed E-state index contributed by atoms with van der Waals surface area (Å²) in [6, 6.07) is 15.7. The molecule has 0 saturated carbocycles. The third-order valence-corrected chi connectivity index (χ3v) is 4.41. The van der Waals surface area contributed by atoms with Gasteiger partial charge in [-0.1, -0.05) is 29.8 Å². The summed E-state index contributed by atoms with van der Waals surface area (Å²) in [6.07, 6.45) is 0. The molecule has 2 aromatic carbocycles. The number of anilines is 1. The lowest BCUT2D eigenvalue weighted by molar-refractivity contribution is 0.0955. The molecule has 0 aliphatic heterocycles. The Morgan fingerprint density at radius 1 is 1.19 bits per heavy atom. The Kier molecular flexibility index (Phi) is 3.62. The normalized spacial score (nSPS) is 10.7. The van der Waals surface area contributed by atoms with Gasteiger partial charge in [-0.2, -0.15) is 0 Å². The summed E-state index contributed by atoms with van der Waals surface area (Å²) in [4.78, 5) is 12.9. The molecule has 0 unspecified atom stereocenters. The second-order valence-corrected chi connectivity index (χ2v) is 6.16. The van der Waals surface area contributed by atoms with E-state index in [9.17, 15) is 4.79 Å². The maximum absolute atomic E-state index is 12.2. The Hall–Kier alpha value is -2.33. The number of rotatable bonds is 3. The smallest absolute Gasteiger partial charge is 0.261 e. The number of carbonyl (C=O) groups excluding carboxylic acids is 1. The van der Waals surface area contributed by atoms with E-state index in [-0.39, 0.29) is 5.91 Å². The number of carbonyl (C=O) groups is 1. The first kappa shape index (κ1) is 13.6. The van der Waals surface area contributed by atoms with Crippen molar-refractivity contribution in [2.75, 3.05) is 5.73 Å². The van der Waals surface area contributed by atoms with Gasteiger partial charge in [0, 0.05) is 16.9 Å². The molecule has 3 aromatic rings. The van der Waals surface area contributed by atoms with Crippen molar-refractivity contribution in [2.24, 2.45) is 0 Å². The number of nitrogen functional groups attached to an aromatic ring is 1. The van der Waals surface area contributed by atoms with Gasteiger partial charge in [-0.05, 0) is 42.1 Å². The van der Waals surface area contributed by atoms with Crippen molar-refractivity contribution in [2.45, 2.75) is 13.5 Å². The topological polar surface area (TPSA) is 55.1 Å². The van der Waals surface area contributed by atoms with Crippen LogP contribution in [0.3, 0.4) is 0 Å². The quantitative estimate of drug-likeness (QED) is 0.724. The highest BCUT2D eigenvalue weighted by atomic mass is 32.1. The fraction of sp³-hybridized carbons (Fsp3) is 0.118. The van der Waals surface area contributed by atoms with Crippen LogP contribution >= 0.6 is 11.3 Å². The number of amides is 1. The van der Waals surface area contributed by atoms with Crippen LogP contribution in [0.4, 0.5) is 5.69 Å². The van der Waals surface area contributed by atoms with Crippen molar-refractivity contribution < 1.29 is 4.79 Å². The Labute approximate surface area is 127 Å². The molecule has 0 spiro atoms. The van der Waals surface area contributed by atoms with E-state index < -0.39 is 0 Å². The minimum absolute atomic E-state index is 0.0451. The van der Waals surface area contributed by atoms with Gasteiger partial charge in [0.05, 0.1) is 4.88 Å². The number of aryl methyl sites for hydroxylation is 1. The molecular formula is C17H16N2OS. The maximum atomic E-state index is 12.2. The molecule has 0 aliphatic carbocycles. The lowest BCUT2D eigenvalue weighted by atomic mass is 10.1. The van der Waals surface area contributed by atoms with Crippen molar-refractivity contribution >= 4 is 33.0 Å². The van der Waals surface area contributed by atoms with Crippen LogP contribution in [0, 0.1) is 6.92 Å². The van der Waals surface area contributed by atoms with E-state index in [0.717, 1.165) is 15.6 Å². The van der Waals surface area contributed by atoms with Gasteiger partial charge in [-0.15, -0.1) is 11.3 Å². The number of nitrogens with two attached hydrogens (primary N) is 1.